The summed E-state index contributed by atoms with van der Waals surface area (Å²) in [5, 5.41) is 9.82. The monoisotopic (exact) mass is 482 g/mol. The smallest absolute Gasteiger partial charge is 0.191 e. The molecule has 138 valence electrons. The van der Waals surface area contributed by atoms with Crippen LogP contribution in [-0.2, 0) is 23.4 Å². The molecule has 11 heteroatoms. The van der Waals surface area contributed by atoms with Gasteiger partial charge in [-0.25, -0.2) is 17.8 Å². The first-order chi connectivity index (χ1) is 11.4. The van der Waals surface area contributed by atoms with Gasteiger partial charge in [0.2, 0.25) is 0 Å². The highest BCUT2D eigenvalue weighted by Gasteiger charge is 2.18. The van der Waals surface area contributed by atoms with Crippen LogP contribution < -0.4 is 10.6 Å². The lowest BCUT2D eigenvalue weighted by molar-refractivity contribution is 0.566. The molecule has 2 aromatic rings. The fourth-order valence-corrected chi connectivity index (χ4v) is 3.22. The fraction of sp³-hybridized carbons (Fsp3) is 0.357. The first-order valence-corrected chi connectivity index (χ1v) is 8.84. The molecule has 0 amide bonds. The molecule has 0 bridgehead atoms. The van der Waals surface area contributed by atoms with Crippen molar-refractivity contribution in [2.75, 3.05) is 19.3 Å². The molecule has 0 atom stereocenters. The van der Waals surface area contributed by atoms with Crippen molar-refractivity contribution in [1.82, 2.24) is 25.4 Å². The van der Waals surface area contributed by atoms with Gasteiger partial charge in [-0.3, -0.25) is 9.67 Å². The second kappa shape index (κ2) is 9.65. The number of aryl methyl sites for hydroxylation is 1. The first-order valence-electron chi connectivity index (χ1n) is 7.18. The zero-order valence-electron chi connectivity index (χ0n) is 13.8. The second-order valence-electron chi connectivity index (χ2n) is 4.90. The third kappa shape index (κ3) is 5.92. The Morgan fingerprint density at radius 1 is 1.32 bits per heavy atom. The van der Waals surface area contributed by atoms with Gasteiger partial charge in [0.15, 0.2) is 15.8 Å². The predicted octanol–water partition coefficient (Wildman–Crippen LogP) is 0.711. The van der Waals surface area contributed by atoms with Crippen LogP contribution in [0.5, 0.6) is 0 Å². The highest BCUT2D eigenvalue weighted by atomic mass is 127. The number of benzene rings is 1. The molecule has 25 heavy (non-hydrogen) atoms. The van der Waals surface area contributed by atoms with E-state index in [9.17, 15) is 12.8 Å². The topological polar surface area (TPSA) is 101 Å². The summed E-state index contributed by atoms with van der Waals surface area (Å²) in [6, 6.07) is 5.32. The van der Waals surface area contributed by atoms with Crippen molar-refractivity contribution in [3.63, 3.8) is 0 Å². The lowest BCUT2D eigenvalue weighted by Crippen LogP contribution is -2.39. The van der Waals surface area contributed by atoms with Gasteiger partial charge < -0.3 is 10.6 Å². The van der Waals surface area contributed by atoms with Gasteiger partial charge >= 0.3 is 0 Å². The van der Waals surface area contributed by atoms with Crippen LogP contribution >= 0.6 is 24.0 Å². The number of hydrogen-bond acceptors (Lipinski definition) is 5. The Morgan fingerprint density at radius 2 is 2.04 bits per heavy atom. The molecule has 1 heterocycles. The van der Waals surface area contributed by atoms with Gasteiger partial charge in [-0.05, 0) is 12.1 Å². The van der Waals surface area contributed by atoms with Crippen molar-refractivity contribution in [3.05, 3.63) is 42.2 Å². The minimum Gasteiger partial charge on any atom is -0.355 e. The van der Waals surface area contributed by atoms with Gasteiger partial charge in [-0.1, -0.05) is 12.1 Å². The second-order valence-corrected chi connectivity index (χ2v) is 6.98. The van der Waals surface area contributed by atoms with Gasteiger partial charge in [0.05, 0.1) is 12.3 Å². The third-order valence-electron chi connectivity index (χ3n) is 3.28. The van der Waals surface area contributed by atoms with Gasteiger partial charge in [0, 0.05) is 20.6 Å². The first kappa shape index (κ1) is 21.3. The highest BCUT2D eigenvalue weighted by molar-refractivity contribution is 14.0. The number of hydrogen-bond donors (Lipinski definition) is 2. The van der Waals surface area contributed by atoms with Crippen LogP contribution in [0.4, 0.5) is 4.39 Å². The van der Waals surface area contributed by atoms with E-state index in [4.69, 9.17) is 0 Å². The molecule has 8 nitrogen and oxygen atoms in total. The lowest BCUT2D eigenvalue weighted by Gasteiger charge is -2.12. The summed E-state index contributed by atoms with van der Waals surface area (Å²) in [7, 11) is -0.375. The number of rotatable bonds is 6. The maximum Gasteiger partial charge on any atom is 0.191 e. The van der Waals surface area contributed by atoms with Gasteiger partial charge in [0.1, 0.15) is 22.9 Å². The summed E-state index contributed by atoms with van der Waals surface area (Å²) in [6.07, 6.45) is 1.44. The van der Waals surface area contributed by atoms with Crippen LogP contribution in [0.3, 0.4) is 0 Å². The van der Waals surface area contributed by atoms with Crippen molar-refractivity contribution in [1.29, 1.82) is 0 Å². The normalized spacial score (nSPS) is 11.7. The summed E-state index contributed by atoms with van der Waals surface area (Å²) in [6.45, 7) is 0.478. The van der Waals surface area contributed by atoms with Crippen molar-refractivity contribution in [2.45, 2.75) is 11.4 Å². The summed E-state index contributed by atoms with van der Waals surface area (Å²) in [5.41, 5.74) is 0. The molecule has 0 spiro atoms. The molecule has 0 aliphatic rings. The summed E-state index contributed by atoms with van der Waals surface area (Å²) in [5.74, 6) is 0.124. The Hall–Kier alpha value is -1.76. The number of aliphatic imine (C=N–C) groups is 1. The molecule has 0 unspecified atom stereocenters. The highest BCUT2D eigenvalue weighted by Crippen LogP contribution is 2.14. The van der Waals surface area contributed by atoms with Gasteiger partial charge in [0.25, 0.3) is 0 Å². The molecule has 0 saturated heterocycles. The molecule has 2 rings (SSSR count). The van der Waals surface area contributed by atoms with Crippen molar-refractivity contribution >= 4 is 39.8 Å². The molecule has 0 fully saturated rings. The quantitative estimate of drug-likeness (QED) is 0.358. The van der Waals surface area contributed by atoms with E-state index in [0.717, 1.165) is 6.07 Å². The average molecular weight is 482 g/mol. The lowest BCUT2D eigenvalue weighted by atomic mass is 10.3. The number of nitrogens with one attached hydrogen (secondary N) is 2. The number of nitrogens with zero attached hydrogens (tertiary/aromatic N) is 4. The zero-order chi connectivity index (χ0) is 17.6. The van der Waals surface area contributed by atoms with Crippen LogP contribution in [0.1, 0.15) is 5.82 Å². The van der Waals surface area contributed by atoms with Gasteiger partial charge in [-0.15, -0.1) is 24.0 Å². The van der Waals surface area contributed by atoms with Crippen molar-refractivity contribution in [2.24, 2.45) is 12.0 Å². The van der Waals surface area contributed by atoms with Crippen molar-refractivity contribution in [3.8, 4) is 0 Å². The van der Waals surface area contributed by atoms with Gasteiger partial charge in [-0.2, -0.15) is 5.10 Å². The summed E-state index contributed by atoms with van der Waals surface area (Å²) >= 11 is 0. The van der Waals surface area contributed by atoms with E-state index in [1.165, 1.54) is 24.5 Å². The minimum atomic E-state index is -3.71. The van der Waals surface area contributed by atoms with Crippen LogP contribution in [0.15, 0.2) is 40.5 Å². The van der Waals surface area contributed by atoms with Crippen LogP contribution in [0.25, 0.3) is 0 Å². The van der Waals surface area contributed by atoms with E-state index >= 15 is 0 Å². The molecule has 2 N–H and O–H groups in total. The Balaban J connectivity index is 0.00000312. The minimum absolute atomic E-state index is 0. The van der Waals surface area contributed by atoms with Crippen LogP contribution in [0, 0.1) is 5.82 Å². The van der Waals surface area contributed by atoms with Crippen LogP contribution in [0.2, 0.25) is 0 Å². The number of aromatic nitrogens is 3. The van der Waals surface area contributed by atoms with E-state index in [1.807, 2.05) is 0 Å². The molecule has 0 radical (unpaired) electrons. The fourth-order valence-electron chi connectivity index (χ4n) is 1.97. The third-order valence-corrected chi connectivity index (χ3v) is 5.02. The number of guanidine groups is 1. The largest absolute Gasteiger partial charge is 0.355 e. The van der Waals surface area contributed by atoms with Crippen molar-refractivity contribution < 1.29 is 12.8 Å². The molecular formula is C14H20FIN6O2S. The summed E-state index contributed by atoms with van der Waals surface area (Å²) < 4.78 is 39.5. The molecule has 0 aliphatic carbocycles. The summed E-state index contributed by atoms with van der Waals surface area (Å²) in [4.78, 5) is 7.76. The Labute approximate surface area is 162 Å². The van der Waals surface area contributed by atoms with E-state index in [1.54, 1.807) is 18.8 Å². The molecule has 1 aromatic carbocycles. The van der Waals surface area contributed by atoms with E-state index in [-0.39, 0.29) is 41.2 Å². The van der Waals surface area contributed by atoms with E-state index in [0.29, 0.717) is 18.3 Å². The molecule has 0 saturated carbocycles. The van der Waals surface area contributed by atoms with E-state index < -0.39 is 15.7 Å². The number of halogens is 2. The average Bonchev–Trinajstić information content (AvgIpc) is 2.96. The zero-order valence-corrected chi connectivity index (χ0v) is 17.0. The predicted molar refractivity (Wildman–Crippen MR) is 103 cm³/mol. The SMILES string of the molecule is CN=C(NCCS(=O)(=O)c1ccccc1F)NCc1ncnn1C.I. The Morgan fingerprint density at radius 3 is 2.64 bits per heavy atom. The van der Waals surface area contributed by atoms with Crippen LogP contribution in [-0.4, -0.2) is 48.5 Å². The maximum atomic E-state index is 13.6. The number of sulfone groups is 1. The maximum absolute atomic E-state index is 13.6. The Bertz CT molecular complexity index is 824. The van der Waals surface area contributed by atoms with E-state index in [2.05, 4.69) is 25.7 Å². The molecular weight excluding hydrogens is 462 g/mol. The standard InChI is InChI=1S/C14H19FN6O2S.HI/c1-16-14(18-9-13-19-10-20-21(13)2)17-7-8-24(22,23)12-6-4-3-5-11(12)15;/h3-6,10H,7-9H2,1-2H3,(H2,16,17,18);1H. The Kier molecular flexibility index (Phi) is 8.22. The molecule has 0 aliphatic heterocycles. The molecule has 1 aromatic heterocycles.